The Morgan fingerprint density at radius 2 is 1.85 bits per heavy atom. The summed E-state index contributed by atoms with van der Waals surface area (Å²) >= 11 is 6.59. The van der Waals surface area contributed by atoms with Gasteiger partial charge in [-0.15, -0.1) is 0 Å². The molecule has 0 radical (unpaired) electrons. The molecule has 0 aromatic heterocycles. The Hall–Kier alpha value is -0.910. The highest BCUT2D eigenvalue weighted by Crippen LogP contribution is 2.29. The number of hydrogen-bond acceptors (Lipinski definition) is 2. The average Bonchev–Trinajstić information content (AvgIpc) is 2.38. The van der Waals surface area contributed by atoms with Crippen LogP contribution in [0.25, 0.3) is 0 Å². The molecule has 2 aromatic carbocycles. The summed E-state index contributed by atoms with van der Waals surface area (Å²) < 4.78 is 21.0. The van der Waals surface area contributed by atoms with Gasteiger partial charge < -0.3 is 9.84 Å². The van der Waals surface area contributed by atoms with E-state index in [1.54, 1.807) is 18.2 Å². The standard InChI is InChI=1S/C15H13Br2FO2/c1-9-4-13(17)5-11(7-19)15(9)20-8-10-2-3-12(16)6-14(10)18/h2-6,19H,7-8H2,1H3. The van der Waals surface area contributed by atoms with Crippen molar-refractivity contribution in [3.8, 4) is 5.75 Å². The van der Waals surface area contributed by atoms with Gasteiger partial charge in [0.15, 0.2) is 0 Å². The summed E-state index contributed by atoms with van der Waals surface area (Å²) in [5.41, 5.74) is 2.04. The second-order valence-corrected chi connectivity index (χ2v) is 6.22. The number of rotatable bonds is 4. The van der Waals surface area contributed by atoms with Crippen LogP contribution in [0.2, 0.25) is 0 Å². The Morgan fingerprint density at radius 1 is 1.10 bits per heavy atom. The van der Waals surface area contributed by atoms with Crippen molar-refractivity contribution in [3.63, 3.8) is 0 Å². The monoisotopic (exact) mass is 402 g/mol. The van der Waals surface area contributed by atoms with Crippen LogP contribution in [0, 0.1) is 12.7 Å². The van der Waals surface area contributed by atoms with Crippen LogP contribution < -0.4 is 4.74 Å². The predicted octanol–water partition coefficient (Wildman–Crippen LogP) is 4.73. The van der Waals surface area contributed by atoms with E-state index in [0.29, 0.717) is 21.3 Å². The van der Waals surface area contributed by atoms with Crippen molar-refractivity contribution >= 4 is 31.9 Å². The van der Waals surface area contributed by atoms with Gasteiger partial charge in [-0.1, -0.05) is 37.9 Å². The Labute approximate surface area is 133 Å². The van der Waals surface area contributed by atoms with E-state index < -0.39 is 0 Å². The molecule has 0 amide bonds. The number of aryl methyl sites for hydroxylation is 1. The third-order valence-electron chi connectivity index (χ3n) is 2.87. The molecule has 2 aromatic rings. The lowest BCUT2D eigenvalue weighted by Crippen LogP contribution is -2.02. The van der Waals surface area contributed by atoms with E-state index in [-0.39, 0.29) is 19.0 Å². The zero-order chi connectivity index (χ0) is 14.7. The Morgan fingerprint density at radius 3 is 2.50 bits per heavy atom. The molecule has 0 aliphatic carbocycles. The highest BCUT2D eigenvalue weighted by molar-refractivity contribution is 9.10. The van der Waals surface area contributed by atoms with Gasteiger partial charge in [0, 0.05) is 20.1 Å². The molecule has 106 valence electrons. The summed E-state index contributed by atoms with van der Waals surface area (Å²) in [6.45, 7) is 1.88. The molecule has 0 bridgehead atoms. The number of ether oxygens (including phenoxy) is 1. The van der Waals surface area contributed by atoms with Crippen molar-refractivity contribution < 1.29 is 14.2 Å². The first-order valence-electron chi connectivity index (χ1n) is 5.98. The van der Waals surface area contributed by atoms with Gasteiger partial charge in [-0.05, 0) is 36.8 Å². The second-order valence-electron chi connectivity index (χ2n) is 4.39. The normalized spacial score (nSPS) is 10.7. The second kappa shape index (κ2) is 6.70. The highest BCUT2D eigenvalue weighted by Gasteiger charge is 2.10. The molecule has 1 N–H and O–H groups in total. The van der Waals surface area contributed by atoms with Gasteiger partial charge in [-0.3, -0.25) is 0 Å². The van der Waals surface area contributed by atoms with Crippen molar-refractivity contribution in [3.05, 3.63) is 61.8 Å². The van der Waals surface area contributed by atoms with Crippen LogP contribution in [0.5, 0.6) is 5.75 Å². The molecule has 2 nitrogen and oxygen atoms in total. The zero-order valence-corrected chi connectivity index (χ0v) is 14.0. The fourth-order valence-corrected chi connectivity index (χ4v) is 2.86. The van der Waals surface area contributed by atoms with Crippen LogP contribution in [0.1, 0.15) is 16.7 Å². The minimum atomic E-state index is -0.320. The van der Waals surface area contributed by atoms with Gasteiger partial charge in [0.05, 0.1) is 6.61 Å². The summed E-state index contributed by atoms with van der Waals surface area (Å²) in [4.78, 5) is 0. The van der Waals surface area contributed by atoms with Crippen molar-refractivity contribution in [1.82, 2.24) is 0 Å². The first-order chi connectivity index (χ1) is 9.51. The van der Waals surface area contributed by atoms with Gasteiger partial charge in [-0.25, -0.2) is 4.39 Å². The van der Waals surface area contributed by atoms with E-state index in [1.165, 1.54) is 6.07 Å². The van der Waals surface area contributed by atoms with Crippen molar-refractivity contribution in [2.45, 2.75) is 20.1 Å². The van der Waals surface area contributed by atoms with E-state index in [2.05, 4.69) is 31.9 Å². The summed E-state index contributed by atoms with van der Waals surface area (Å²) in [6, 6.07) is 8.53. The maximum atomic E-state index is 13.7. The molecular formula is C15H13Br2FO2. The quantitative estimate of drug-likeness (QED) is 0.799. The summed E-state index contributed by atoms with van der Waals surface area (Å²) in [5.74, 6) is 0.276. The van der Waals surface area contributed by atoms with Gasteiger partial charge in [0.1, 0.15) is 18.2 Å². The van der Waals surface area contributed by atoms with E-state index in [0.717, 1.165) is 10.0 Å². The number of hydrogen-bond donors (Lipinski definition) is 1. The number of aliphatic hydroxyl groups excluding tert-OH is 1. The third-order valence-corrected chi connectivity index (χ3v) is 3.82. The van der Waals surface area contributed by atoms with Crippen LogP contribution in [-0.2, 0) is 13.2 Å². The molecule has 0 atom stereocenters. The Kier molecular flexibility index (Phi) is 5.18. The van der Waals surface area contributed by atoms with E-state index in [4.69, 9.17) is 4.74 Å². The van der Waals surface area contributed by atoms with Crippen LogP contribution in [0.15, 0.2) is 39.3 Å². The molecule has 0 spiro atoms. The van der Waals surface area contributed by atoms with E-state index >= 15 is 0 Å². The van der Waals surface area contributed by atoms with Crippen LogP contribution in [0.4, 0.5) is 4.39 Å². The first kappa shape index (κ1) is 15.5. The molecule has 5 heteroatoms. The van der Waals surface area contributed by atoms with Crippen molar-refractivity contribution in [2.75, 3.05) is 0 Å². The average molecular weight is 404 g/mol. The fraction of sp³-hybridized carbons (Fsp3) is 0.200. The van der Waals surface area contributed by atoms with E-state index in [1.807, 2.05) is 13.0 Å². The van der Waals surface area contributed by atoms with Crippen LogP contribution >= 0.6 is 31.9 Å². The molecular weight excluding hydrogens is 391 g/mol. The number of benzene rings is 2. The molecule has 0 aliphatic rings. The lowest BCUT2D eigenvalue weighted by Gasteiger charge is -2.14. The summed E-state index contributed by atoms with van der Waals surface area (Å²) in [5, 5.41) is 9.37. The molecule has 0 saturated carbocycles. The Bertz CT molecular complexity index is 630. The van der Waals surface area contributed by atoms with Crippen molar-refractivity contribution in [2.24, 2.45) is 0 Å². The molecule has 0 fully saturated rings. The smallest absolute Gasteiger partial charge is 0.130 e. The zero-order valence-electron chi connectivity index (χ0n) is 10.8. The van der Waals surface area contributed by atoms with Gasteiger partial charge >= 0.3 is 0 Å². The molecule has 2 rings (SSSR count). The maximum absolute atomic E-state index is 13.7. The molecule has 0 heterocycles. The maximum Gasteiger partial charge on any atom is 0.130 e. The number of halogens is 3. The summed E-state index contributed by atoms with van der Waals surface area (Å²) in [6.07, 6.45) is 0. The van der Waals surface area contributed by atoms with E-state index in [9.17, 15) is 9.50 Å². The number of aliphatic hydroxyl groups is 1. The van der Waals surface area contributed by atoms with Gasteiger partial charge in [-0.2, -0.15) is 0 Å². The topological polar surface area (TPSA) is 29.5 Å². The lowest BCUT2D eigenvalue weighted by atomic mass is 10.1. The van der Waals surface area contributed by atoms with Gasteiger partial charge in [0.2, 0.25) is 0 Å². The molecule has 20 heavy (non-hydrogen) atoms. The molecule has 0 aliphatic heterocycles. The lowest BCUT2D eigenvalue weighted by molar-refractivity contribution is 0.256. The van der Waals surface area contributed by atoms with Crippen LogP contribution in [0.3, 0.4) is 0 Å². The fourth-order valence-electron chi connectivity index (χ4n) is 1.91. The third kappa shape index (κ3) is 3.59. The van der Waals surface area contributed by atoms with Gasteiger partial charge in [0.25, 0.3) is 0 Å². The summed E-state index contributed by atoms with van der Waals surface area (Å²) in [7, 11) is 0. The minimum Gasteiger partial charge on any atom is -0.488 e. The largest absolute Gasteiger partial charge is 0.488 e. The SMILES string of the molecule is Cc1cc(Br)cc(CO)c1OCc1ccc(Br)cc1F. The Balaban J connectivity index is 2.22. The highest BCUT2D eigenvalue weighted by atomic mass is 79.9. The molecule has 0 saturated heterocycles. The molecule has 0 unspecified atom stereocenters. The van der Waals surface area contributed by atoms with Crippen molar-refractivity contribution in [1.29, 1.82) is 0 Å². The predicted molar refractivity (Wildman–Crippen MR) is 83.2 cm³/mol. The van der Waals surface area contributed by atoms with Crippen LogP contribution in [-0.4, -0.2) is 5.11 Å². The minimum absolute atomic E-state index is 0.120. The first-order valence-corrected chi connectivity index (χ1v) is 7.56.